The van der Waals surface area contributed by atoms with Crippen molar-refractivity contribution in [3.05, 3.63) is 36.0 Å². The second-order valence-corrected chi connectivity index (χ2v) is 7.83. The maximum atomic E-state index is 5.61. The van der Waals surface area contributed by atoms with Gasteiger partial charge in [-0.05, 0) is 25.0 Å². The molecule has 0 saturated carbocycles. The Kier molecular flexibility index (Phi) is 4.91. The van der Waals surface area contributed by atoms with E-state index in [0.29, 0.717) is 12.8 Å². The highest BCUT2D eigenvalue weighted by molar-refractivity contribution is 5.48. The van der Waals surface area contributed by atoms with Gasteiger partial charge in [-0.3, -0.25) is 4.90 Å². The Bertz CT molecular complexity index is 816. The summed E-state index contributed by atoms with van der Waals surface area (Å²) >= 11 is 0. The van der Waals surface area contributed by atoms with Crippen LogP contribution in [0.1, 0.15) is 31.2 Å². The Balaban J connectivity index is 1.16. The first-order valence-corrected chi connectivity index (χ1v) is 10.3. The smallest absolute Gasteiger partial charge is 0.231 e. The quantitative estimate of drug-likeness (QED) is 0.854. The van der Waals surface area contributed by atoms with Crippen molar-refractivity contribution in [1.29, 1.82) is 0 Å². The van der Waals surface area contributed by atoms with E-state index in [1.54, 1.807) is 0 Å². The molecule has 1 N–H and O–H groups in total. The van der Waals surface area contributed by atoms with Gasteiger partial charge in [-0.1, -0.05) is 25.0 Å². The molecule has 5 rings (SSSR count). The molecule has 28 heavy (non-hydrogen) atoms. The number of benzene rings is 1. The molecule has 3 aliphatic heterocycles. The van der Waals surface area contributed by atoms with Crippen molar-refractivity contribution in [1.82, 2.24) is 14.9 Å². The number of fused-ring (bicyclic) bond motifs is 1. The number of nitrogens with one attached hydrogen (secondary N) is 1. The molecule has 148 valence electrons. The molecular formula is C21H27N5O2. The lowest BCUT2D eigenvalue weighted by Crippen LogP contribution is -2.54. The van der Waals surface area contributed by atoms with Crippen LogP contribution in [0.5, 0.6) is 11.5 Å². The molecule has 2 fully saturated rings. The summed E-state index contributed by atoms with van der Waals surface area (Å²) in [6, 6.07) is 8.51. The van der Waals surface area contributed by atoms with E-state index in [0.717, 1.165) is 56.0 Å². The highest BCUT2D eigenvalue weighted by Gasteiger charge is 2.29. The molecule has 1 aromatic carbocycles. The number of anilines is 2. The molecule has 0 radical (unpaired) electrons. The Morgan fingerprint density at radius 2 is 1.89 bits per heavy atom. The zero-order valence-electron chi connectivity index (χ0n) is 16.1. The number of rotatable bonds is 5. The Morgan fingerprint density at radius 3 is 2.75 bits per heavy atom. The predicted molar refractivity (Wildman–Crippen MR) is 108 cm³/mol. The van der Waals surface area contributed by atoms with Crippen molar-refractivity contribution in [3.63, 3.8) is 0 Å². The monoisotopic (exact) mass is 381 g/mol. The Hall–Kier alpha value is -2.54. The van der Waals surface area contributed by atoms with Gasteiger partial charge in [-0.25, -0.2) is 4.98 Å². The van der Waals surface area contributed by atoms with Gasteiger partial charge in [0.05, 0.1) is 6.04 Å². The molecule has 3 aliphatic rings. The number of hydrogen-bond donors (Lipinski definition) is 1. The highest BCUT2D eigenvalue weighted by atomic mass is 16.7. The number of hydrogen-bond acceptors (Lipinski definition) is 7. The first-order valence-electron chi connectivity index (χ1n) is 10.3. The molecule has 0 amide bonds. The third kappa shape index (κ3) is 3.71. The minimum Gasteiger partial charge on any atom is -0.454 e. The lowest BCUT2D eigenvalue weighted by molar-refractivity contribution is 0.147. The van der Waals surface area contributed by atoms with Crippen LogP contribution >= 0.6 is 0 Å². The molecule has 7 heteroatoms. The summed E-state index contributed by atoms with van der Waals surface area (Å²) < 4.78 is 11.1. The molecule has 0 spiro atoms. The molecule has 1 aromatic heterocycles. The van der Waals surface area contributed by atoms with Crippen molar-refractivity contribution in [2.75, 3.05) is 43.2 Å². The van der Waals surface area contributed by atoms with Crippen LogP contribution in [0, 0.1) is 0 Å². The standard InChI is InChI=1S/C21H27N5O2/c1-2-4-11-26(10-3-1)19-8-9-22-21(24-19)23-17-13-25(14-17)12-16-6-5-7-18-20(16)28-15-27-18/h5-9,17H,1-4,10-15H2,(H,22,23,24). The van der Waals surface area contributed by atoms with Crippen LogP contribution < -0.4 is 19.7 Å². The number of likely N-dealkylation sites (tertiary alicyclic amines) is 1. The van der Waals surface area contributed by atoms with E-state index < -0.39 is 0 Å². The van der Waals surface area contributed by atoms with Gasteiger partial charge in [0.1, 0.15) is 5.82 Å². The summed E-state index contributed by atoms with van der Waals surface area (Å²) in [4.78, 5) is 14.0. The zero-order valence-corrected chi connectivity index (χ0v) is 16.1. The van der Waals surface area contributed by atoms with E-state index in [1.165, 1.54) is 31.2 Å². The van der Waals surface area contributed by atoms with Gasteiger partial charge in [0.15, 0.2) is 11.5 Å². The van der Waals surface area contributed by atoms with Gasteiger partial charge >= 0.3 is 0 Å². The molecular weight excluding hydrogens is 354 g/mol. The van der Waals surface area contributed by atoms with Gasteiger partial charge in [0.25, 0.3) is 0 Å². The largest absolute Gasteiger partial charge is 0.454 e. The van der Waals surface area contributed by atoms with Gasteiger partial charge in [0, 0.05) is 44.5 Å². The van der Waals surface area contributed by atoms with Gasteiger partial charge in [0.2, 0.25) is 12.7 Å². The van der Waals surface area contributed by atoms with Crippen LogP contribution in [0.3, 0.4) is 0 Å². The van der Waals surface area contributed by atoms with Crippen molar-refractivity contribution >= 4 is 11.8 Å². The van der Waals surface area contributed by atoms with E-state index in [4.69, 9.17) is 14.5 Å². The molecule has 0 unspecified atom stereocenters. The number of para-hydroxylation sites is 1. The normalized spacial score (nSPS) is 19.9. The van der Waals surface area contributed by atoms with Crippen molar-refractivity contribution in [2.24, 2.45) is 0 Å². The van der Waals surface area contributed by atoms with Crippen molar-refractivity contribution in [3.8, 4) is 11.5 Å². The number of nitrogens with zero attached hydrogens (tertiary/aromatic N) is 4. The minimum atomic E-state index is 0.321. The fourth-order valence-corrected chi connectivity index (χ4v) is 4.22. The second-order valence-electron chi connectivity index (χ2n) is 7.83. The predicted octanol–water partition coefficient (Wildman–Crippen LogP) is 2.88. The third-order valence-corrected chi connectivity index (χ3v) is 5.73. The van der Waals surface area contributed by atoms with Crippen molar-refractivity contribution < 1.29 is 9.47 Å². The van der Waals surface area contributed by atoms with E-state index in [9.17, 15) is 0 Å². The summed E-state index contributed by atoms with van der Waals surface area (Å²) in [5, 5.41) is 3.50. The van der Waals surface area contributed by atoms with Crippen LogP contribution in [0.25, 0.3) is 0 Å². The van der Waals surface area contributed by atoms with E-state index >= 15 is 0 Å². The van der Waals surface area contributed by atoms with Crippen LogP contribution in [-0.4, -0.2) is 53.9 Å². The summed E-state index contributed by atoms with van der Waals surface area (Å²) in [6.07, 6.45) is 7.03. The molecule has 4 heterocycles. The summed E-state index contributed by atoms with van der Waals surface area (Å²) in [5.74, 6) is 3.54. The topological polar surface area (TPSA) is 62.8 Å². The molecule has 0 aliphatic carbocycles. The molecule has 2 aromatic rings. The second kappa shape index (κ2) is 7.83. The van der Waals surface area contributed by atoms with Gasteiger partial charge < -0.3 is 19.7 Å². The lowest BCUT2D eigenvalue weighted by atomic mass is 10.1. The van der Waals surface area contributed by atoms with Crippen LogP contribution in [0.2, 0.25) is 0 Å². The maximum absolute atomic E-state index is 5.61. The summed E-state index contributed by atoms with van der Waals surface area (Å²) in [5.41, 5.74) is 1.19. The minimum absolute atomic E-state index is 0.321. The van der Waals surface area contributed by atoms with E-state index in [1.807, 2.05) is 24.4 Å². The average molecular weight is 381 g/mol. The Morgan fingerprint density at radius 1 is 1.04 bits per heavy atom. The van der Waals surface area contributed by atoms with Gasteiger partial charge in [-0.15, -0.1) is 0 Å². The van der Waals surface area contributed by atoms with Crippen LogP contribution in [0.15, 0.2) is 30.5 Å². The van der Waals surface area contributed by atoms with E-state index in [2.05, 4.69) is 26.2 Å². The lowest BCUT2D eigenvalue weighted by Gasteiger charge is -2.39. The summed E-state index contributed by atoms with van der Waals surface area (Å²) in [6.45, 7) is 5.34. The first kappa shape index (κ1) is 17.6. The molecule has 0 atom stereocenters. The molecule has 2 saturated heterocycles. The Labute approximate surface area is 165 Å². The first-order chi connectivity index (χ1) is 13.8. The van der Waals surface area contributed by atoms with Gasteiger partial charge in [-0.2, -0.15) is 4.98 Å². The van der Waals surface area contributed by atoms with E-state index in [-0.39, 0.29) is 0 Å². The van der Waals surface area contributed by atoms with Crippen LogP contribution in [0.4, 0.5) is 11.8 Å². The maximum Gasteiger partial charge on any atom is 0.231 e. The van der Waals surface area contributed by atoms with Crippen LogP contribution in [-0.2, 0) is 6.54 Å². The fraction of sp³-hybridized carbons (Fsp3) is 0.524. The highest BCUT2D eigenvalue weighted by Crippen LogP contribution is 2.36. The number of ether oxygens (including phenoxy) is 2. The van der Waals surface area contributed by atoms with Crippen molar-refractivity contribution in [2.45, 2.75) is 38.3 Å². The average Bonchev–Trinajstić information content (AvgIpc) is 3.01. The molecule has 0 bridgehead atoms. The molecule has 7 nitrogen and oxygen atoms in total. The SMILES string of the molecule is c1cc(CN2CC(Nc3nccc(N4CCCCCC4)n3)C2)c2c(c1)OCO2. The summed E-state index contributed by atoms with van der Waals surface area (Å²) in [7, 11) is 0. The number of aromatic nitrogens is 2. The third-order valence-electron chi connectivity index (χ3n) is 5.73. The zero-order chi connectivity index (χ0) is 18.8. The fourth-order valence-electron chi connectivity index (χ4n) is 4.22.